The highest BCUT2D eigenvalue weighted by atomic mass is 32.1. The van der Waals surface area contributed by atoms with E-state index in [2.05, 4.69) is 27.6 Å². The zero-order valence-electron chi connectivity index (χ0n) is 17.4. The van der Waals surface area contributed by atoms with E-state index in [0.717, 1.165) is 23.6 Å². The molecule has 4 rings (SSSR count). The minimum Gasteiger partial charge on any atom is -0.490 e. The summed E-state index contributed by atoms with van der Waals surface area (Å²) in [5.74, 6) is 0.635. The first-order valence-corrected chi connectivity index (χ1v) is 11.2. The van der Waals surface area contributed by atoms with Gasteiger partial charge in [0.05, 0.1) is 6.10 Å². The summed E-state index contributed by atoms with van der Waals surface area (Å²) in [6, 6.07) is 17.4. The Morgan fingerprint density at radius 2 is 1.62 bits per heavy atom. The van der Waals surface area contributed by atoms with Crippen molar-refractivity contribution in [1.82, 2.24) is 10.2 Å². The molecule has 1 aliphatic carbocycles. The van der Waals surface area contributed by atoms with Crippen LogP contribution in [0.2, 0.25) is 0 Å². The predicted molar refractivity (Wildman–Crippen MR) is 122 cm³/mol. The van der Waals surface area contributed by atoms with Gasteiger partial charge >= 0.3 is 6.16 Å². The molecule has 1 saturated carbocycles. The molecule has 32 heavy (non-hydrogen) atoms. The maximum Gasteiger partial charge on any atom is 0.503 e. The van der Waals surface area contributed by atoms with Crippen LogP contribution in [0, 0.1) is 0 Å². The largest absolute Gasteiger partial charge is 0.503 e. The van der Waals surface area contributed by atoms with Gasteiger partial charge in [-0.2, -0.15) is 0 Å². The number of hydrogen-bond donors (Lipinski definition) is 3. The van der Waals surface area contributed by atoms with Crippen LogP contribution in [0.25, 0.3) is 0 Å². The molecule has 0 radical (unpaired) electrons. The molecular weight excluding hydrogens is 430 g/mol. The molecule has 0 spiro atoms. The third-order valence-electron chi connectivity index (χ3n) is 4.86. The molecule has 1 fully saturated rings. The van der Waals surface area contributed by atoms with Crippen LogP contribution in [0.4, 0.5) is 9.93 Å². The molecule has 0 atom stereocenters. The quantitative estimate of drug-likeness (QED) is 0.460. The zero-order chi connectivity index (χ0) is 22.8. The van der Waals surface area contributed by atoms with Gasteiger partial charge < -0.3 is 14.9 Å². The maximum absolute atomic E-state index is 12.5. The summed E-state index contributed by atoms with van der Waals surface area (Å²) >= 11 is 1.40. The molecule has 0 aliphatic heterocycles. The average Bonchev–Trinajstić information content (AvgIpc) is 3.22. The third kappa shape index (κ3) is 7.66. The highest BCUT2D eigenvalue weighted by Gasteiger charge is 2.15. The van der Waals surface area contributed by atoms with E-state index < -0.39 is 6.16 Å². The summed E-state index contributed by atoms with van der Waals surface area (Å²) in [6.45, 7) is 0. The summed E-state index contributed by atoms with van der Waals surface area (Å²) < 4.78 is 6.02. The van der Waals surface area contributed by atoms with Crippen molar-refractivity contribution >= 4 is 28.5 Å². The van der Waals surface area contributed by atoms with Crippen LogP contribution < -0.4 is 10.1 Å². The first-order chi connectivity index (χ1) is 15.5. The van der Waals surface area contributed by atoms with E-state index in [1.54, 1.807) is 12.1 Å². The molecule has 3 aromatic rings. The molecule has 168 valence electrons. The van der Waals surface area contributed by atoms with Gasteiger partial charge in [0.2, 0.25) is 5.13 Å². The Labute approximate surface area is 189 Å². The number of nitrogens with one attached hydrogen (secondary N) is 1. The van der Waals surface area contributed by atoms with Crippen molar-refractivity contribution in [3.05, 3.63) is 70.7 Å². The van der Waals surface area contributed by atoms with Gasteiger partial charge in [0.25, 0.3) is 5.91 Å². The van der Waals surface area contributed by atoms with Gasteiger partial charge in [0.1, 0.15) is 10.8 Å². The number of carboxylic acid groups (broad SMARTS) is 2. The predicted octanol–water partition coefficient (Wildman–Crippen LogP) is 5.32. The molecule has 9 heteroatoms. The highest BCUT2D eigenvalue weighted by Crippen LogP contribution is 2.24. The first-order valence-electron chi connectivity index (χ1n) is 10.4. The molecule has 0 bridgehead atoms. The first kappa shape index (κ1) is 23.2. The third-order valence-corrected chi connectivity index (χ3v) is 5.70. The van der Waals surface area contributed by atoms with Crippen LogP contribution in [0.15, 0.2) is 54.6 Å². The van der Waals surface area contributed by atoms with Crippen LogP contribution in [0.5, 0.6) is 5.75 Å². The number of ether oxygens (including phenoxy) is 1. The van der Waals surface area contributed by atoms with Gasteiger partial charge in [-0.25, -0.2) is 4.79 Å². The smallest absolute Gasteiger partial charge is 0.490 e. The van der Waals surface area contributed by atoms with Gasteiger partial charge in [-0.3, -0.25) is 10.1 Å². The lowest BCUT2D eigenvalue weighted by molar-refractivity contribution is 0.102. The summed E-state index contributed by atoms with van der Waals surface area (Å²) in [7, 11) is 0. The van der Waals surface area contributed by atoms with Crippen molar-refractivity contribution in [3.63, 3.8) is 0 Å². The van der Waals surface area contributed by atoms with Crippen LogP contribution in [0.3, 0.4) is 0 Å². The van der Waals surface area contributed by atoms with Crippen molar-refractivity contribution in [3.8, 4) is 5.75 Å². The molecule has 1 amide bonds. The van der Waals surface area contributed by atoms with E-state index in [1.165, 1.54) is 36.2 Å². The lowest BCUT2D eigenvalue weighted by atomic mass is 9.98. The molecule has 8 nitrogen and oxygen atoms in total. The Kier molecular flexibility index (Phi) is 8.56. The molecule has 3 N–H and O–H groups in total. The molecule has 1 aliphatic rings. The summed E-state index contributed by atoms with van der Waals surface area (Å²) in [6.07, 6.45) is 5.19. The molecule has 0 unspecified atom stereocenters. The van der Waals surface area contributed by atoms with Crippen molar-refractivity contribution in [2.75, 3.05) is 5.32 Å². The Hall–Kier alpha value is -3.46. The van der Waals surface area contributed by atoms with Crippen molar-refractivity contribution in [1.29, 1.82) is 0 Å². The van der Waals surface area contributed by atoms with Gasteiger partial charge in [0, 0.05) is 12.0 Å². The molecule has 2 aromatic carbocycles. The molecule has 1 aromatic heterocycles. The topological polar surface area (TPSA) is 122 Å². The van der Waals surface area contributed by atoms with E-state index in [0.29, 0.717) is 23.2 Å². The average molecular weight is 456 g/mol. The zero-order valence-corrected chi connectivity index (χ0v) is 18.3. The number of carbonyl (C=O) groups is 2. The lowest BCUT2D eigenvalue weighted by Crippen LogP contribution is -2.19. The number of anilines is 1. The van der Waals surface area contributed by atoms with Crippen molar-refractivity contribution < 1.29 is 24.5 Å². The Balaban J connectivity index is 0.000000668. The highest BCUT2D eigenvalue weighted by molar-refractivity contribution is 7.15. The number of hydrogen-bond acceptors (Lipinski definition) is 6. The molecule has 0 saturated heterocycles. The van der Waals surface area contributed by atoms with Crippen molar-refractivity contribution in [2.45, 2.75) is 44.6 Å². The van der Waals surface area contributed by atoms with Gasteiger partial charge in [-0.15, -0.1) is 10.2 Å². The summed E-state index contributed by atoms with van der Waals surface area (Å²) in [4.78, 5) is 21.0. The van der Waals surface area contributed by atoms with Crippen LogP contribution in [-0.2, 0) is 6.42 Å². The fraction of sp³-hybridized carbons (Fsp3) is 0.304. The number of benzene rings is 2. The molecule has 1 heterocycles. The molecular formula is C23H25N3O5S. The monoisotopic (exact) mass is 455 g/mol. The van der Waals surface area contributed by atoms with E-state index in [9.17, 15) is 4.79 Å². The van der Waals surface area contributed by atoms with Crippen molar-refractivity contribution in [2.24, 2.45) is 0 Å². The Morgan fingerprint density at radius 3 is 2.28 bits per heavy atom. The number of nitrogens with zero attached hydrogens (tertiary/aromatic N) is 2. The maximum atomic E-state index is 12.5. The Bertz CT molecular complexity index is 998. The minimum atomic E-state index is -1.83. The van der Waals surface area contributed by atoms with Crippen LogP contribution in [-0.4, -0.2) is 38.6 Å². The van der Waals surface area contributed by atoms with Crippen LogP contribution >= 0.6 is 11.3 Å². The number of carbonyl (C=O) groups excluding carboxylic acids is 1. The SMILES string of the molecule is O=C(Nc1nnc(Cc2ccccc2)s1)c1ccc(OC2CCCCC2)cc1.O=C(O)O. The lowest BCUT2D eigenvalue weighted by Gasteiger charge is -2.23. The number of amides is 1. The number of rotatable bonds is 6. The fourth-order valence-corrected chi connectivity index (χ4v) is 4.14. The normalized spacial score (nSPS) is 13.5. The van der Waals surface area contributed by atoms with Gasteiger partial charge in [-0.1, -0.05) is 48.1 Å². The number of aromatic nitrogens is 2. The minimum absolute atomic E-state index is 0.188. The standard InChI is InChI=1S/C22H23N3O2S.CH2O3/c26-21(17-11-13-19(14-12-17)27-18-9-5-2-6-10-18)23-22-25-24-20(28-22)15-16-7-3-1-4-8-16;2-1(3)4/h1,3-4,7-8,11-14,18H,2,5-6,9-10,15H2,(H,23,25,26);(H2,2,3,4). The second-order valence-corrected chi connectivity index (χ2v) is 8.36. The summed E-state index contributed by atoms with van der Waals surface area (Å²) in [5, 5.41) is 26.4. The van der Waals surface area contributed by atoms with E-state index in [4.69, 9.17) is 19.7 Å². The van der Waals surface area contributed by atoms with Gasteiger partial charge in [-0.05, 0) is 55.5 Å². The van der Waals surface area contributed by atoms with E-state index in [-0.39, 0.29) is 5.91 Å². The second kappa shape index (κ2) is 11.8. The Morgan fingerprint density at radius 1 is 0.969 bits per heavy atom. The van der Waals surface area contributed by atoms with Crippen LogP contribution in [0.1, 0.15) is 53.0 Å². The fourth-order valence-electron chi connectivity index (χ4n) is 3.38. The van der Waals surface area contributed by atoms with E-state index >= 15 is 0 Å². The second-order valence-electron chi connectivity index (χ2n) is 7.30. The van der Waals surface area contributed by atoms with E-state index in [1.807, 2.05) is 30.3 Å². The summed E-state index contributed by atoms with van der Waals surface area (Å²) in [5.41, 5.74) is 1.75. The van der Waals surface area contributed by atoms with Gasteiger partial charge in [0.15, 0.2) is 0 Å².